The zero-order valence-electron chi connectivity index (χ0n) is 9.74. The molecule has 0 bridgehead atoms. The van der Waals surface area contributed by atoms with Crippen LogP contribution in [-0.4, -0.2) is 9.97 Å². The van der Waals surface area contributed by atoms with Gasteiger partial charge >= 0.3 is 0 Å². The molecule has 2 rings (SSSR count). The summed E-state index contributed by atoms with van der Waals surface area (Å²) in [5, 5.41) is 3.86. The molecule has 0 aromatic carbocycles. The lowest BCUT2D eigenvalue weighted by Gasteiger charge is -2.09. The summed E-state index contributed by atoms with van der Waals surface area (Å²) in [6.45, 7) is 2.46. The van der Waals surface area contributed by atoms with Crippen molar-refractivity contribution in [1.82, 2.24) is 9.97 Å². The smallest absolute Gasteiger partial charge is 0.147 e. The van der Waals surface area contributed by atoms with Crippen molar-refractivity contribution in [2.45, 2.75) is 13.5 Å². The molecule has 0 aliphatic rings. The quantitative estimate of drug-likeness (QED) is 0.907. The van der Waals surface area contributed by atoms with Crippen molar-refractivity contribution in [2.75, 3.05) is 11.1 Å². The molecular formula is C12H12Cl2N4. The second-order valence-corrected chi connectivity index (χ2v) is 4.62. The Bertz CT molecular complexity index is 572. The van der Waals surface area contributed by atoms with Crippen LogP contribution in [0.15, 0.2) is 24.3 Å². The summed E-state index contributed by atoms with van der Waals surface area (Å²) in [7, 11) is 0. The monoisotopic (exact) mass is 282 g/mol. The van der Waals surface area contributed by atoms with Crippen molar-refractivity contribution in [3.05, 3.63) is 45.7 Å². The number of pyridine rings is 2. The SMILES string of the molecule is Cc1cccc(CNc2nc(N)c(Cl)cc2Cl)n1. The first-order valence-corrected chi connectivity index (χ1v) is 6.10. The molecule has 0 amide bonds. The van der Waals surface area contributed by atoms with Crippen LogP contribution in [0.3, 0.4) is 0 Å². The van der Waals surface area contributed by atoms with Crippen LogP contribution in [-0.2, 0) is 6.54 Å². The predicted octanol–water partition coefficient (Wildman–Crippen LogP) is 3.29. The number of nitrogen functional groups attached to an aromatic ring is 1. The van der Waals surface area contributed by atoms with E-state index in [1.807, 2.05) is 25.1 Å². The predicted molar refractivity (Wildman–Crippen MR) is 75.0 cm³/mol. The zero-order valence-corrected chi connectivity index (χ0v) is 11.3. The molecule has 0 saturated heterocycles. The van der Waals surface area contributed by atoms with Gasteiger partial charge in [-0.1, -0.05) is 29.3 Å². The van der Waals surface area contributed by atoms with E-state index < -0.39 is 0 Å². The highest BCUT2D eigenvalue weighted by Gasteiger charge is 2.07. The molecule has 2 aromatic heterocycles. The lowest BCUT2D eigenvalue weighted by molar-refractivity contribution is 1.00. The molecule has 3 N–H and O–H groups in total. The first-order valence-electron chi connectivity index (χ1n) is 5.34. The van der Waals surface area contributed by atoms with Gasteiger partial charge in [-0.05, 0) is 25.1 Å². The number of anilines is 2. The lowest BCUT2D eigenvalue weighted by Crippen LogP contribution is -2.05. The molecule has 2 heterocycles. The van der Waals surface area contributed by atoms with Crippen LogP contribution >= 0.6 is 23.2 Å². The summed E-state index contributed by atoms with van der Waals surface area (Å²) in [5.41, 5.74) is 7.49. The molecule has 0 fully saturated rings. The molecule has 0 radical (unpaired) electrons. The van der Waals surface area contributed by atoms with Gasteiger partial charge in [0.05, 0.1) is 22.3 Å². The summed E-state index contributed by atoms with van der Waals surface area (Å²) >= 11 is 11.8. The lowest BCUT2D eigenvalue weighted by atomic mass is 10.3. The van der Waals surface area contributed by atoms with Crippen molar-refractivity contribution >= 4 is 34.8 Å². The van der Waals surface area contributed by atoms with E-state index >= 15 is 0 Å². The van der Waals surface area contributed by atoms with E-state index in [2.05, 4.69) is 15.3 Å². The summed E-state index contributed by atoms with van der Waals surface area (Å²) in [6, 6.07) is 7.38. The minimum absolute atomic E-state index is 0.251. The van der Waals surface area contributed by atoms with Crippen LogP contribution in [0.2, 0.25) is 10.0 Å². The number of halogens is 2. The number of nitrogens with two attached hydrogens (primary N) is 1. The van der Waals surface area contributed by atoms with Gasteiger partial charge in [-0.3, -0.25) is 4.98 Å². The highest BCUT2D eigenvalue weighted by Crippen LogP contribution is 2.27. The van der Waals surface area contributed by atoms with Crippen LogP contribution in [0.5, 0.6) is 0 Å². The average molecular weight is 283 g/mol. The fourth-order valence-electron chi connectivity index (χ4n) is 1.48. The highest BCUT2D eigenvalue weighted by molar-refractivity contribution is 6.37. The fourth-order valence-corrected chi connectivity index (χ4v) is 1.90. The molecule has 0 aliphatic heterocycles. The standard InChI is InChI=1S/C12H12Cl2N4/c1-7-3-2-4-8(17-7)6-16-12-10(14)5-9(13)11(15)18-12/h2-5H,6H2,1H3,(H3,15,16,18). The number of hydrogen-bond acceptors (Lipinski definition) is 4. The molecule has 0 atom stereocenters. The Morgan fingerprint density at radius 3 is 2.72 bits per heavy atom. The normalized spacial score (nSPS) is 10.4. The van der Waals surface area contributed by atoms with E-state index in [0.29, 0.717) is 22.4 Å². The second kappa shape index (κ2) is 5.42. The first kappa shape index (κ1) is 12.9. The Hall–Kier alpha value is -1.52. The van der Waals surface area contributed by atoms with Crippen molar-refractivity contribution in [1.29, 1.82) is 0 Å². The van der Waals surface area contributed by atoms with Crippen LogP contribution in [0.25, 0.3) is 0 Å². The number of aromatic nitrogens is 2. The van der Waals surface area contributed by atoms with Gasteiger partial charge in [-0.25, -0.2) is 4.98 Å². The molecule has 4 nitrogen and oxygen atoms in total. The van der Waals surface area contributed by atoms with Crippen LogP contribution in [0, 0.1) is 6.92 Å². The number of rotatable bonds is 3. The van der Waals surface area contributed by atoms with E-state index in [9.17, 15) is 0 Å². The molecular weight excluding hydrogens is 271 g/mol. The van der Waals surface area contributed by atoms with Crippen molar-refractivity contribution in [3.63, 3.8) is 0 Å². The molecule has 94 valence electrons. The zero-order chi connectivity index (χ0) is 13.1. The van der Waals surface area contributed by atoms with E-state index in [-0.39, 0.29) is 5.82 Å². The van der Waals surface area contributed by atoms with Crippen LogP contribution < -0.4 is 11.1 Å². The molecule has 0 unspecified atom stereocenters. The highest BCUT2D eigenvalue weighted by atomic mass is 35.5. The molecule has 0 aliphatic carbocycles. The molecule has 18 heavy (non-hydrogen) atoms. The maximum Gasteiger partial charge on any atom is 0.147 e. The topological polar surface area (TPSA) is 63.8 Å². The van der Waals surface area contributed by atoms with Gasteiger partial charge in [0.2, 0.25) is 0 Å². The van der Waals surface area contributed by atoms with Crippen molar-refractivity contribution in [3.8, 4) is 0 Å². The minimum atomic E-state index is 0.251. The third kappa shape index (κ3) is 3.03. The fraction of sp³-hybridized carbons (Fsp3) is 0.167. The Labute approximate surface area is 115 Å². The summed E-state index contributed by atoms with van der Waals surface area (Å²) in [5.74, 6) is 0.752. The van der Waals surface area contributed by atoms with Crippen LogP contribution in [0.4, 0.5) is 11.6 Å². The summed E-state index contributed by atoms with van der Waals surface area (Å²) < 4.78 is 0. The van der Waals surface area contributed by atoms with E-state index in [0.717, 1.165) is 11.4 Å². The molecule has 2 aromatic rings. The molecule has 0 spiro atoms. The number of aryl methyl sites for hydroxylation is 1. The van der Waals surface area contributed by atoms with E-state index in [1.165, 1.54) is 0 Å². The summed E-state index contributed by atoms with van der Waals surface area (Å²) in [4.78, 5) is 8.45. The van der Waals surface area contributed by atoms with E-state index in [4.69, 9.17) is 28.9 Å². The van der Waals surface area contributed by atoms with Gasteiger partial charge in [0.25, 0.3) is 0 Å². The average Bonchev–Trinajstić information content (AvgIpc) is 2.32. The van der Waals surface area contributed by atoms with Gasteiger partial charge in [-0.2, -0.15) is 0 Å². The number of hydrogen-bond donors (Lipinski definition) is 2. The molecule has 6 heteroatoms. The van der Waals surface area contributed by atoms with Crippen LogP contribution in [0.1, 0.15) is 11.4 Å². The largest absolute Gasteiger partial charge is 0.382 e. The van der Waals surface area contributed by atoms with Crippen molar-refractivity contribution < 1.29 is 0 Å². The third-order valence-electron chi connectivity index (χ3n) is 2.34. The number of nitrogens with one attached hydrogen (secondary N) is 1. The van der Waals surface area contributed by atoms with Gasteiger partial charge in [-0.15, -0.1) is 0 Å². The minimum Gasteiger partial charge on any atom is -0.382 e. The molecule has 0 saturated carbocycles. The summed E-state index contributed by atoms with van der Waals surface area (Å²) in [6.07, 6.45) is 0. The van der Waals surface area contributed by atoms with Gasteiger partial charge < -0.3 is 11.1 Å². The Kier molecular flexibility index (Phi) is 3.89. The Morgan fingerprint density at radius 1 is 1.22 bits per heavy atom. The maximum absolute atomic E-state index is 6.01. The Balaban J connectivity index is 2.13. The van der Waals surface area contributed by atoms with Gasteiger partial charge in [0.15, 0.2) is 0 Å². The van der Waals surface area contributed by atoms with E-state index in [1.54, 1.807) is 6.07 Å². The third-order valence-corrected chi connectivity index (χ3v) is 2.93. The Morgan fingerprint density at radius 2 is 2.00 bits per heavy atom. The second-order valence-electron chi connectivity index (χ2n) is 3.81. The van der Waals surface area contributed by atoms with Gasteiger partial charge in [0.1, 0.15) is 11.6 Å². The number of nitrogens with zero attached hydrogens (tertiary/aromatic N) is 2. The maximum atomic E-state index is 6.01. The van der Waals surface area contributed by atoms with Gasteiger partial charge in [0, 0.05) is 5.69 Å². The first-order chi connectivity index (χ1) is 8.56. The van der Waals surface area contributed by atoms with Crippen molar-refractivity contribution in [2.24, 2.45) is 0 Å².